The molecule has 8 heteroatoms. The number of primary sulfonamides is 1. The molecule has 0 saturated heterocycles. The van der Waals surface area contributed by atoms with Gasteiger partial charge < -0.3 is 11.1 Å². The van der Waals surface area contributed by atoms with Crippen molar-refractivity contribution in [1.82, 2.24) is 9.97 Å². The highest BCUT2D eigenvalue weighted by atomic mass is 32.2. The molecular formula is C11H21N5O2S. The molecule has 0 radical (unpaired) electrons. The third-order valence-electron chi connectivity index (χ3n) is 2.60. The third kappa shape index (κ3) is 5.39. The zero-order valence-electron chi connectivity index (χ0n) is 11.3. The van der Waals surface area contributed by atoms with E-state index in [1.807, 2.05) is 13.8 Å². The highest BCUT2D eigenvalue weighted by Gasteiger charge is 2.08. The first-order valence-electron chi connectivity index (χ1n) is 6.21. The number of nitrogens with zero attached hydrogens (tertiary/aromatic N) is 2. The van der Waals surface area contributed by atoms with E-state index in [0.717, 1.165) is 18.4 Å². The van der Waals surface area contributed by atoms with Crippen molar-refractivity contribution in [1.29, 1.82) is 0 Å². The monoisotopic (exact) mass is 287 g/mol. The fraction of sp³-hybridized carbons (Fsp3) is 0.636. The van der Waals surface area contributed by atoms with E-state index in [-0.39, 0.29) is 5.75 Å². The number of hydrogen-bond acceptors (Lipinski definition) is 6. The van der Waals surface area contributed by atoms with E-state index in [0.29, 0.717) is 30.4 Å². The molecule has 1 heterocycles. The molecule has 0 unspecified atom stereocenters. The summed E-state index contributed by atoms with van der Waals surface area (Å²) in [4.78, 5) is 8.58. The smallest absolute Gasteiger partial charge is 0.209 e. The van der Waals surface area contributed by atoms with E-state index in [9.17, 15) is 8.42 Å². The molecule has 0 amide bonds. The van der Waals surface area contributed by atoms with Gasteiger partial charge in [-0.05, 0) is 19.8 Å². The maximum Gasteiger partial charge on any atom is 0.209 e. The second kappa shape index (κ2) is 6.67. The largest absolute Gasteiger partial charge is 0.383 e. The summed E-state index contributed by atoms with van der Waals surface area (Å²) in [6, 6.07) is 0. The molecule has 5 N–H and O–H groups in total. The zero-order chi connectivity index (χ0) is 14.5. The van der Waals surface area contributed by atoms with Gasteiger partial charge in [-0.15, -0.1) is 0 Å². The number of aryl methyl sites for hydroxylation is 1. The van der Waals surface area contributed by atoms with Gasteiger partial charge in [-0.3, -0.25) is 0 Å². The lowest BCUT2D eigenvalue weighted by Gasteiger charge is -2.11. The van der Waals surface area contributed by atoms with Crippen molar-refractivity contribution in [3.05, 3.63) is 11.4 Å². The number of hydrogen-bond donors (Lipinski definition) is 3. The summed E-state index contributed by atoms with van der Waals surface area (Å²) in [5.41, 5.74) is 6.59. The van der Waals surface area contributed by atoms with Crippen LogP contribution in [-0.4, -0.2) is 30.7 Å². The van der Waals surface area contributed by atoms with Crippen LogP contribution in [0.3, 0.4) is 0 Å². The average molecular weight is 287 g/mol. The summed E-state index contributed by atoms with van der Waals surface area (Å²) in [6.07, 6.45) is 2.12. The van der Waals surface area contributed by atoms with Gasteiger partial charge in [-0.2, -0.15) is 0 Å². The Morgan fingerprint density at radius 3 is 2.58 bits per heavy atom. The Bertz CT molecular complexity index is 530. The number of anilines is 2. The van der Waals surface area contributed by atoms with Gasteiger partial charge in [0.05, 0.1) is 5.75 Å². The van der Waals surface area contributed by atoms with Gasteiger partial charge in [0.2, 0.25) is 10.0 Å². The van der Waals surface area contributed by atoms with Gasteiger partial charge in [0.1, 0.15) is 17.5 Å². The number of rotatable bonds is 7. The zero-order valence-corrected chi connectivity index (χ0v) is 12.1. The number of nitrogens with two attached hydrogens (primary N) is 2. The van der Waals surface area contributed by atoms with Crippen LogP contribution in [0.5, 0.6) is 0 Å². The first kappa shape index (κ1) is 15.6. The van der Waals surface area contributed by atoms with Crippen LogP contribution in [0.4, 0.5) is 11.6 Å². The Morgan fingerprint density at radius 1 is 1.32 bits per heavy atom. The molecule has 0 aliphatic rings. The van der Waals surface area contributed by atoms with E-state index >= 15 is 0 Å². The molecular weight excluding hydrogens is 266 g/mol. The molecule has 1 rings (SSSR count). The Kier molecular flexibility index (Phi) is 5.49. The predicted octanol–water partition coefficient (Wildman–Crippen LogP) is 0.410. The molecule has 7 nitrogen and oxygen atoms in total. The van der Waals surface area contributed by atoms with Crippen LogP contribution in [0, 0.1) is 6.92 Å². The van der Waals surface area contributed by atoms with E-state index in [4.69, 9.17) is 10.9 Å². The maximum absolute atomic E-state index is 10.8. The van der Waals surface area contributed by atoms with Gasteiger partial charge in [0.15, 0.2) is 0 Å². The Morgan fingerprint density at radius 2 is 2.00 bits per heavy atom. The maximum atomic E-state index is 10.8. The van der Waals surface area contributed by atoms with Gasteiger partial charge in [0, 0.05) is 18.5 Å². The van der Waals surface area contributed by atoms with Gasteiger partial charge in [-0.1, -0.05) is 6.92 Å². The number of nitrogen functional groups attached to an aromatic ring is 1. The SMILES string of the molecule is CCCc1nc(N)c(C)c(NCCCS(N)(=O)=O)n1. The van der Waals surface area contributed by atoms with E-state index in [1.54, 1.807) is 0 Å². The molecule has 0 saturated carbocycles. The van der Waals surface area contributed by atoms with Crippen LogP contribution in [0.15, 0.2) is 0 Å². The molecule has 0 bridgehead atoms. The van der Waals surface area contributed by atoms with Crippen LogP contribution in [0.25, 0.3) is 0 Å². The van der Waals surface area contributed by atoms with Crippen molar-refractivity contribution in [2.75, 3.05) is 23.3 Å². The molecule has 108 valence electrons. The first-order chi connectivity index (χ1) is 8.83. The highest BCUT2D eigenvalue weighted by Crippen LogP contribution is 2.17. The summed E-state index contributed by atoms with van der Waals surface area (Å²) in [7, 11) is -3.41. The van der Waals surface area contributed by atoms with Crippen molar-refractivity contribution >= 4 is 21.7 Å². The van der Waals surface area contributed by atoms with Gasteiger partial charge in [-0.25, -0.2) is 23.5 Å². The minimum Gasteiger partial charge on any atom is -0.383 e. The summed E-state index contributed by atoms with van der Waals surface area (Å²) in [6.45, 7) is 4.34. The van der Waals surface area contributed by atoms with Crippen LogP contribution in [0.1, 0.15) is 31.2 Å². The fourth-order valence-corrected chi connectivity index (χ4v) is 2.12. The van der Waals surface area contributed by atoms with E-state index < -0.39 is 10.0 Å². The lowest BCUT2D eigenvalue weighted by molar-refractivity contribution is 0.595. The number of aromatic nitrogens is 2. The third-order valence-corrected chi connectivity index (χ3v) is 3.46. The van der Waals surface area contributed by atoms with Crippen LogP contribution in [0.2, 0.25) is 0 Å². The quantitative estimate of drug-likeness (QED) is 0.624. The number of nitrogens with one attached hydrogen (secondary N) is 1. The molecule has 0 spiro atoms. The molecule has 0 aliphatic heterocycles. The standard InChI is InChI=1S/C11H21N5O2S/c1-3-5-9-15-10(12)8(2)11(16-9)14-6-4-7-19(13,17)18/h3-7H2,1-2H3,(H2,13,17,18)(H3,12,14,15,16). The molecule has 1 aromatic rings. The van der Waals surface area contributed by atoms with Crippen molar-refractivity contribution < 1.29 is 8.42 Å². The summed E-state index contributed by atoms with van der Waals surface area (Å²) >= 11 is 0. The first-order valence-corrected chi connectivity index (χ1v) is 7.92. The van der Waals surface area contributed by atoms with Crippen molar-refractivity contribution in [3.8, 4) is 0 Å². The van der Waals surface area contributed by atoms with Crippen molar-refractivity contribution in [2.24, 2.45) is 5.14 Å². The Balaban J connectivity index is 2.66. The highest BCUT2D eigenvalue weighted by molar-refractivity contribution is 7.89. The Labute approximate surface area is 113 Å². The molecule has 0 atom stereocenters. The second-order valence-electron chi connectivity index (χ2n) is 4.40. The second-order valence-corrected chi connectivity index (χ2v) is 6.13. The molecule has 0 aliphatic carbocycles. The lowest BCUT2D eigenvalue weighted by atomic mass is 10.2. The van der Waals surface area contributed by atoms with Crippen LogP contribution in [-0.2, 0) is 16.4 Å². The number of sulfonamides is 1. The predicted molar refractivity (Wildman–Crippen MR) is 76.3 cm³/mol. The van der Waals surface area contributed by atoms with Gasteiger partial charge >= 0.3 is 0 Å². The summed E-state index contributed by atoms with van der Waals surface area (Å²) < 4.78 is 21.6. The Hall–Kier alpha value is -1.41. The summed E-state index contributed by atoms with van der Waals surface area (Å²) in [5, 5.41) is 8.01. The van der Waals surface area contributed by atoms with Crippen molar-refractivity contribution in [3.63, 3.8) is 0 Å². The van der Waals surface area contributed by atoms with Crippen LogP contribution >= 0.6 is 0 Å². The normalized spacial score (nSPS) is 11.5. The average Bonchev–Trinajstić information content (AvgIpc) is 2.29. The lowest BCUT2D eigenvalue weighted by Crippen LogP contribution is -2.19. The van der Waals surface area contributed by atoms with Crippen LogP contribution < -0.4 is 16.2 Å². The summed E-state index contributed by atoms with van der Waals surface area (Å²) in [5.74, 6) is 1.75. The molecule has 0 aromatic carbocycles. The molecule has 1 aromatic heterocycles. The molecule has 19 heavy (non-hydrogen) atoms. The van der Waals surface area contributed by atoms with E-state index in [2.05, 4.69) is 15.3 Å². The molecule has 0 fully saturated rings. The van der Waals surface area contributed by atoms with Gasteiger partial charge in [0.25, 0.3) is 0 Å². The topological polar surface area (TPSA) is 124 Å². The van der Waals surface area contributed by atoms with E-state index in [1.165, 1.54) is 0 Å². The minimum absolute atomic E-state index is 0.0541. The fourth-order valence-electron chi connectivity index (χ4n) is 1.57. The minimum atomic E-state index is -3.41. The van der Waals surface area contributed by atoms with Crippen molar-refractivity contribution in [2.45, 2.75) is 33.1 Å².